The summed E-state index contributed by atoms with van der Waals surface area (Å²) < 4.78 is 54.6. The highest BCUT2D eigenvalue weighted by Crippen LogP contribution is 2.27. The van der Waals surface area contributed by atoms with E-state index in [2.05, 4.69) is 15.0 Å². The second-order valence-corrected chi connectivity index (χ2v) is 13.0. The molecule has 13 heteroatoms. The molecule has 0 radical (unpaired) electrons. The summed E-state index contributed by atoms with van der Waals surface area (Å²) in [5.41, 5.74) is 1.32. The average Bonchev–Trinajstić information content (AvgIpc) is 2.87. The molecule has 0 bridgehead atoms. The van der Waals surface area contributed by atoms with Crippen molar-refractivity contribution in [3.63, 3.8) is 0 Å². The van der Waals surface area contributed by atoms with Crippen molar-refractivity contribution >= 4 is 60.5 Å². The van der Waals surface area contributed by atoms with Gasteiger partial charge in [-0.25, -0.2) is 21.1 Å². The van der Waals surface area contributed by atoms with Crippen LogP contribution in [0, 0.1) is 5.92 Å². The summed E-state index contributed by atoms with van der Waals surface area (Å²) in [7, 11) is -7.39. The van der Waals surface area contributed by atoms with E-state index < -0.39 is 20.0 Å². The Bertz CT molecular complexity index is 1480. The molecule has 9 nitrogen and oxygen atoms in total. The van der Waals surface area contributed by atoms with Crippen molar-refractivity contribution in [1.82, 2.24) is 9.29 Å². The number of nitrogens with zero attached hydrogens (tertiary/aromatic N) is 2. The Hall–Kier alpha value is -2.70. The number of hydrogen-bond acceptors (Lipinski definition) is 6. The maximum Gasteiger partial charge on any atom is 0.261 e. The number of nitrogens with one attached hydrogen (secondary N) is 2. The summed E-state index contributed by atoms with van der Waals surface area (Å²) in [5, 5.41) is 3.43. The van der Waals surface area contributed by atoms with E-state index in [0.29, 0.717) is 39.8 Å². The van der Waals surface area contributed by atoms with Crippen molar-refractivity contribution < 1.29 is 21.6 Å². The van der Waals surface area contributed by atoms with Crippen LogP contribution < -0.4 is 10.0 Å². The van der Waals surface area contributed by atoms with E-state index in [1.807, 2.05) is 0 Å². The van der Waals surface area contributed by atoms with Gasteiger partial charge in [0.2, 0.25) is 15.9 Å². The van der Waals surface area contributed by atoms with Crippen LogP contribution >= 0.6 is 23.2 Å². The van der Waals surface area contributed by atoms with Crippen molar-refractivity contribution in [2.45, 2.75) is 23.5 Å². The van der Waals surface area contributed by atoms with Gasteiger partial charge in [0.25, 0.3) is 10.0 Å². The van der Waals surface area contributed by atoms with Gasteiger partial charge < -0.3 is 5.32 Å². The van der Waals surface area contributed by atoms with Gasteiger partial charge in [-0.05, 0) is 66.9 Å². The zero-order valence-corrected chi connectivity index (χ0v) is 22.6. The lowest BCUT2D eigenvalue weighted by Crippen LogP contribution is -2.41. The Morgan fingerprint density at radius 1 is 0.946 bits per heavy atom. The highest BCUT2D eigenvalue weighted by atomic mass is 35.5. The Kier molecular flexibility index (Phi) is 8.39. The molecule has 2 N–H and O–H groups in total. The van der Waals surface area contributed by atoms with E-state index in [9.17, 15) is 21.6 Å². The van der Waals surface area contributed by atoms with Crippen LogP contribution in [0.3, 0.4) is 0 Å². The first kappa shape index (κ1) is 27.3. The third-order valence-corrected chi connectivity index (χ3v) is 9.88. The number of rotatable bonds is 8. The number of sulfonamides is 2. The van der Waals surface area contributed by atoms with Crippen LogP contribution in [0.1, 0.15) is 18.4 Å². The standard InChI is InChI=1S/C24H24Cl2N4O5S2/c25-22-8-3-17(14-23(22)26)16-36(32,33)30-12-9-18(10-13-30)24(31)28-19-4-6-21(7-5-19)37(34,35)29-20-2-1-11-27-15-20/h1-8,11,14-15,18,29H,9-10,12-13,16H2,(H,28,31). The molecule has 3 aromatic rings. The van der Waals surface area contributed by atoms with Gasteiger partial charge in [-0.15, -0.1) is 0 Å². The number of piperidine rings is 1. The van der Waals surface area contributed by atoms with Gasteiger partial charge in [-0.3, -0.25) is 14.5 Å². The zero-order valence-electron chi connectivity index (χ0n) is 19.5. The second-order valence-electron chi connectivity index (χ2n) is 8.54. The molecule has 0 saturated carbocycles. The van der Waals surface area contributed by atoms with E-state index in [-0.39, 0.29) is 35.6 Å². The molecule has 4 rings (SSSR count). The van der Waals surface area contributed by atoms with Crippen molar-refractivity contribution in [2.24, 2.45) is 5.92 Å². The summed E-state index contributed by atoms with van der Waals surface area (Å²) in [5.74, 6) is -0.816. The van der Waals surface area contributed by atoms with E-state index in [1.165, 1.54) is 47.0 Å². The first-order valence-electron chi connectivity index (χ1n) is 11.3. The lowest BCUT2D eigenvalue weighted by molar-refractivity contribution is -0.120. The minimum absolute atomic E-state index is 0.0369. The number of halogens is 2. The largest absolute Gasteiger partial charge is 0.326 e. The minimum atomic E-state index is -3.81. The monoisotopic (exact) mass is 582 g/mol. The molecule has 37 heavy (non-hydrogen) atoms. The fourth-order valence-electron chi connectivity index (χ4n) is 3.93. The van der Waals surface area contributed by atoms with Gasteiger partial charge in [0, 0.05) is 30.9 Å². The van der Waals surface area contributed by atoms with Gasteiger partial charge in [-0.2, -0.15) is 0 Å². The smallest absolute Gasteiger partial charge is 0.261 e. The van der Waals surface area contributed by atoms with Crippen molar-refractivity contribution in [3.8, 4) is 0 Å². The molecular weight excluding hydrogens is 559 g/mol. The Labute approximate surface area is 225 Å². The Balaban J connectivity index is 1.31. The predicted molar refractivity (Wildman–Crippen MR) is 143 cm³/mol. The highest BCUT2D eigenvalue weighted by Gasteiger charge is 2.31. The fraction of sp³-hybridized carbons (Fsp3) is 0.250. The number of carbonyl (C=O) groups is 1. The van der Waals surface area contributed by atoms with Crippen LogP contribution in [0.25, 0.3) is 0 Å². The maximum absolute atomic E-state index is 12.8. The van der Waals surface area contributed by atoms with E-state index in [4.69, 9.17) is 23.2 Å². The first-order valence-corrected chi connectivity index (χ1v) is 15.1. The molecule has 0 unspecified atom stereocenters. The Morgan fingerprint density at radius 2 is 1.65 bits per heavy atom. The zero-order chi connectivity index (χ0) is 26.6. The minimum Gasteiger partial charge on any atom is -0.326 e. The first-order chi connectivity index (χ1) is 17.5. The summed E-state index contributed by atoms with van der Waals surface area (Å²) in [4.78, 5) is 16.7. The molecule has 1 amide bonds. The number of hydrogen-bond donors (Lipinski definition) is 2. The van der Waals surface area contributed by atoms with Crippen LogP contribution in [-0.2, 0) is 30.6 Å². The van der Waals surface area contributed by atoms with E-state index in [1.54, 1.807) is 24.3 Å². The fourth-order valence-corrected chi connectivity index (χ4v) is 6.84. The van der Waals surface area contributed by atoms with E-state index in [0.717, 1.165) is 0 Å². The molecule has 1 aromatic heterocycles. The number of amides is 1. The highest BCUT2D eigenvalue weighted by molar-refractivity contribution is 7.92. The lowest BCUT2D eigenvalue weighted by atomic mass is 9.97. The topological polar surface area (TPSA) is 126 Å². The molecule has 1 fully saturated rings. The molecule has 1 aliphatic heterocycles. The van der Waals surface area contributed by atoms with Gasteiger partial charge in [0.05, 0.1) is 32.6 Å². The second kappa shape index (κ2) is 11.4. The van der Waals surface area contributed by atoms with Crippen LogP contribution in [0.2, 0.25) is 10.0 Å². The number of anilines is 2. The number of carbonyl (C=O) groups excluding carboxylic acids is 1. The molecule has 0 spiro atoms. The molecule has 196 valence electrons. The molecule has 0 atom stereocenters. The average molecular weight is 584 g/mol. The predicted octanol–water partition coefficient (Wildman–Crippen LogP) is 4.37. The number of pyridine rings is 1. The molecule has 1 saturated heterocycles. The molecular formula is C24H24Cl2N4O5S2. The van der Waals surface area contributed by atoms with Crippen LogP contribution in [0.5, 0.6) is 0 Å². The Morgan fingerprint density at radius 3 is 2.27 bits per heavy atom. The number of aromatic nitrogens is 1. The summed E-state index contributed by atoms with van der Waals surface area (Å²) >= 11 is 11.9. The van der Waals surface area contributed by atoms with E-state index >= 15 is 0 Å². The quantitative estimate of drug-likeness (QED) is 0.406. The molecule has 0 aliphatic carbocycles. The molecule has 1 aliphatic rings. The van der Waals surface area contributed by atoms with Crippen molar-refractivity contribution in [2.75, 3.05) is 23.1 Å². The van der Waals surface area contributed by atoms with Gasteiger partial charge in [-0.1, -0.05) is 29.3 Å². The van der Waals surface area contributed by atoms with Crippen molar-refractivity contribution in [1.29, 1.82) is 0 Å². The third-order valence-electron chi connectivity index (χ3n) is 5.90. The molecule has 2 heterocycles. The normalized spacial score (nSPS) is 15.3. The summed E-state index contributed by atoms with van der Waals surface area (Å²) in [6, 6.07) is 13.7. The van der Waals surface area contributed by atoms with Gasteiger partial charge in [0.1, 0.15) is 0 Å². The van der Waals surface area contributed by atoms with Crippen molar-refractivity contribution in [3.05, 3.63) is 82.6 Å². The van der Waals surface area contributed by atoms with Crippen LogP contribution in [0.4, 0.5) is 11.4 Å². The van der Waals surface area contributed by atoms with Crippen LogP contribution in [-0.4, -0.2) is 45.1 Å². The number of benzene rings is 2. The third kappa shape index (κ3) is 6.99. The van der Waals surface area contributed by atoms with Gasteiger partial charge >= 0.3 is 0 Å². The lowest BCUT2D eigenvalue weighted by Gasteiger charge is -2.30. The van der Waals surface area contributed by atoms with Gasteiger partial charge in [0.15, 0.2) is 0 Å². The summed E-state index contributed by atoms with van der Waals surface area (Å²) in [6.07, 6.45) is 3.67. The summed E-state index contributed by atoms with van der Waals surface area (Å²) in [6.45, 7) is 0.442. The maximum atomic E-state index is 12.8. The van der Waals surface area contributed by atoms with Crippen LogP contribution in [0.15, 0.2) is 71.9 Å². The molecule has 2 aromatic carbocycles. The SMILES string of the molecule is O=C(Nc1ccc(S(=O)(=O)Nc2cccnc2)cc1)C1CCN(S(=O)(=O)Cc2ccc(Cl)c(Cl)c2)CC1.